The van der Waals surface area contributed by atoms with Crippen molar-refractivity contribution in [2.45, 2.75) is 11.5 Å². The van der Waals surface area contributed by atoms with Crippen LogP contribution in [0.4, 0.5) is 4.79 Å². The summed E-state index contributed by atoms with van der Waals surface area (Å²) in [5.41, 5.74) is 0.911. The molecule has 2 N–H and O–H groups in total. The quantitative estimate of drug-likeness (QED) is 0.526. The van der Waals surface area contributed by atoms with Crippen LogP contribution in [-0.4, -0.2) is 6.16 Å². The van der Waals surface area contributed by atoms with Crippen LogP contribution < -0.4 is 9.88 Å². The smallest absolute Gasteiger partial charge is 0.429 e. The van der Waals surface area contributed by atoms with E-state index in [2.05, 4.69) is 0 Å². The van der Waals surface area contributed by atoms with E-state index in [0.29, 0.717) is 5.75 Å². The Labute approximate surface area is 115 Å². The maximum absolute atomic E-state index is 11.5. The Bertz CT molecular complexity index is 528. The van der Waals surface area contributed by atoms with Gasteiger partial charge in [-0.15, -0.1) is 0 Å². The second-order valence-electron chi connectivity index (χ2n) is 3.72. The monoisotopic (exact) mass is 275 g/mol. The van der Waals surface area contributed by atoms with Crippen LogP contribution in [0.25, 0.3) is 0 Å². The van der Waals surface area contributed by atoms with Crippen molar-refractivity contribution in [3.63, 3.8) is 0 Å². The van der Waals surface area contributed by atoms with Crippen molar-refractivity contribution in [1.29, 1.82) is 0 Å². The number of benzene rings is 2. The van der Waals surface area contributed by atoms with Gasteiger partial charge in [-0.1, -0.05) is 30.3 Å². The van der Waals surface area contributed by atoms with E-state index < -0.39 is 6.16 Å². The van der Waals surface area contributed by atoms with E-state index in [0.717, 1.165) is 22.4 Å². The highest BCUT2D eigenvalue weighted by Gasteiger charge is 2.06. The first kappa shape index (κ1) is 13.5. The Morgan fingerprint density at radius 3 is 2.37 bits per heavy atom. The molecule has 0 amide bonds. The highest BCUT2D eigenvalue weighted by Crippen LogP contribution is 2.17. The van der Waals surface area contributed by atoms with Gasteiger partial charge < -0.3 is 9.47 Å². The summed E-state index contributed by atoms with van der Waals surface area (Å²) >= 11 is 1.13. The summed E-state index contributed by atoms with van der Waals surface area (Å²) in [5, 5.41) is 5.40. The van der Waals surface area contributed by atoms with Crippen molar-refractivity contribution >= 4 is 18.1 Å². The van der Waals surface area contributed by atoms with Gasteiger partial charge in [0.15, 0.2) is 0 Å². The normalized spacial score (nSPS) is 9.95. The largest absolute Gasteiger partial charge is 0.514 e. The lowest BCUT2D eigenvalue weighted by Gasteiger charge is -2.06. The molecule has 0 saturated carbocycles. The average molecular weight is 275 g/mol. The number of hydrogen-bond donors (Lipinski definition) is 1. The third kappa shape index (κ3) is 4.31. The predicted octanol–water partition coefficient (Wildman–Crippen LogP) is 3.37. The molecule has 2 aromatic carbocycles. The van der Waals surface area contributed by atoms with E-state index in [-0.39, 0.29) is 6.61 Å². The summed E-state index contributed by atoms with van der Waals surface area (Å²) in [5.74, 6) is 0.427. The van der Waals surface area contributed by atoms with Gasteiger partial charge >= 0.3 is 6.16 Å². The van der Waals surface area contributed by atoms with E-state index >= 15 is 0 Å². The van der Waals surface area contributed by atoms with Gasteiger partial charge in [-0.25, -0.2) is 4.79 Å². The minimum Gasteiger partial charge on any atom is -0.429 e. The van der Waals surface area contributed by atoms with Crippen LogP contribution >= 0.6 is 11.9 Å². The lowest BCUT2D eigenvalue weighted by atomic mass is 10.2. The zero-order valence-electron chi connectivity index (χ0n) is 10.1. The second-order valence-corrected chi connectivity index (χ2v) is 4.42. The lowest BCUT2D eigenvalue weighted by Crippen LogP contribution is -2.10. The molecule has 0 bridgehead atoms. The molecule has 0 radical (unpaired) electrons. The molecular weight excluding hydrogens is 262 g/mol. The molecule has 0 heterocycles. The molecule has 0 atom stereocenters. The molecule has 4 nitrogen and oxygen atoms in total. The van der Waals surface area contributed by atoms with E-state index in [9.17, 15) is 4.79 Å². The summed E-state index contributed by atoms with van der Waals surface area (Å²) < 4.78 is 10.0. The maximum Gasteiger partial charge on any atom is 0.514 e. The Kier molecular flexibility index (Phi) is 4.83. The molecule has 0 aromatic heterocycles. The highest BCUT2D eigenvalue weighted by molar-refractivity contribution is 7.97. The molecule has 0 saturated heterocycles. The first-order valence-electron chi connectivity index (χ1n) is 5.63. The van der Waals surface area contributed by atoms with Crippen LogP contribution in [0.1, 0.15) is 5.56 Å². The molecule has 0 aliphatic heterocycles. The molecule has 2 rings (SSSR count). The van der Waals surface area contributed by atoms with Crippen LogP contribution in [-0.2, 0) is 11.3 Å². The summed E-state index contributed by atoms with van der Waals surface area (Å²) in [6.45, 7) is 0.191. The summed E-state index contributed by atoms with van der Waals surface area (Å²) in [6.07, 6.45) is -0.725. The van der Waals surface area contributed by atoms with Crippen LogP contribution in [0.3, 0.4) is 0 Å². The first-order chi connectivity index (χ1) is 9.28. The molecule has 19 heavy (non-hydrogen) atoms. The predicted molar refractivity (Wildman–Crippen MR) is 73.7 cm³/mol. The third-order valence-electron chi connectivity index (χ3n) is 2.36. The van der Waals surface area contributed by atoms with Crippen molar-refractivity contribution in [3.05, 3.63) is 60.2 Å². The van der Waals surface area contributed by atoms with Gasteiger partial charge in [-0.05, 0) is 41.8 Å². The number of rotatable bonds is 4. The molecule has 0 fully saturated rings. The molecule has 0 unspecified atom stereocenters. The Morgan fingerprint density at radius 1 is 1.05 bits per heavy atom. The van der Waals surface area contributed by atoms with E-state index in [1.165, 1.54) is 0 Å². The van der Waals surface area contributed by atoms with Crippen LogP contribution in [0.15, 0.2) is 59.5 Å². The van der Waals surface area contributed by atoms with Gasteiger partial charge in [0, 0.05) is 4.90 Å². The zero-order chi connectivity index (χ0) is 13.5. The number of carbonyl (C=O) groups is 1. The van der Waals surface area contributed by atoms with E-state index in [1.807, 2.05) is 30.3 Å². The van der Waals surface area contributed by atoms with Gasteiger partial charge in [0.25, 0.3) is 0 Å². The molecular formula is C14H13NO3S. The number of carbonyl (C=O) groups excluding carboxylic acids is 1. The SMILES string of the molecule is NSc1ccc(OC(=O)OCc2ccccc2)cc1. The van der Waals surface area contributed by atoms with Gasteiger partial charge in [0.05, 0.1) is 0 Å². The maximum atomic E-state index is 11.5. The summed E-state index contributed by atoms with van der Waals surface area (Å²) in [6, 6.07) is 16.3. The zero-order valence-corrected chi connectivity index (χ0v) is 10.9. The van der Waals surface area contributed by atoms with Gasteiger partial charge in [-0.2, -0.15) is 0 Å². The van der Waals surface area contributed by atoms with E-state index in [4.69, 9.17) is 14.6 Å². The van der Waals surface area contributed by atoms with Crippen molar-refractivity contribution < 1.29 is 14.3 Å². The average Bonchev–Trinajstić information content (AvgIpc) is 2.47. The summed E-state index contributed by atoms with van der Waals surface area (Å²) in [7, 11) is 0. The summed E-state index contributed by atoms with van der Waals surface area (Å²) in [4.78, 5) is 12.4. The Balaban J connectivity index is 1.83. The van der Waals surface area contributed by atoms with Crippen molar-refractivity contribution in [2.75, 3.05) is 0 Å². The van der Waals surface area contributed by atoms with Crippen molar-refractivity contribution in [1.82, 2.24) is 0 Å². The highest BCUT2D eigenvalue weighted by atomic mass is 32.2. The molecule has 5 heteroatoms. The van der Waals surface area contributed by atoms with Crippen LogP contribution in [0.5, 0.6) is 5.75 Å². The van der Waals surface area contributed by atoms with Gasteiger partial charge in [-0.3, -0.25) is 5.14 Å². The minimum atomic E-state index is -0.725. The van der Waals surface area contributed by atoms with Crippen LogP contribution in [0.2, 0.25) is 0 Å². The topological polar surface area (TPSA) is 61.5 Å². The standard InChI is InChI=1S/C14H13NO3S/c15-19-13-8-6-12(7-9-13)18-14(16)17-10-11-4-2-1-3-5-11/h1-9H,10,15H2. The fraction of sp³-hybridized carbons (Fsp3) is 0.0714. The Hall–Kier alpha value is -1.98. The van der Waals surface area contributed by atoms with Gasteiger partial charge in [0.2, 0.25) is 0 Å². The minimum absolute atomic E-state index is 0.191. The third-order valence-corrected chi connectivity index (χ3v) is 2.90. The fourth-order valence-corrected chi connectivity index (χ4v) is 1.72. The molecule has 0 aliphatic carbocycles. The number of ether oxygens (including phenoxy) is 2. The fourth-order valence-electron chi connectivity index (χ4n) is 1.43. The first-order valence-corrected chi connectivity index (χ1v) is 6.51. The molecule has 0 aliphatic rings. The van der Waals surface area contributed by atoms with Gasteiger partial charge in [0.1, 0.15) is 12.4 Å². The second kappa shape index (κ2) is 6.82. The Morgan fingerprint density at radius 2 is 1.74 bits per heavy atom. The van der Waals surface area contributed by atoms with E-state index in [1.54, 1.807) is 24.3 Å². The molecule has 0 spiro atoms. The lowest BCUT2D eigenvalue weighted by molar-refractivity contribution is 0.0927. The van der Waals surface area contributed by atoms with Crippen LogP contribution in [0, 0.1) is 0 Å². The number of nitrogens with two attached hydrogens (primary N) is 1. The molecule has 98 valence electrons. The van der Waals surface area contributed by atoms with Crippen molar-refractivity contribution in [2.24, 2.45) is 5.14 Å². The van der Waals surface area contributed by atoms with Crippen molar-refractivity contribution in [3.8, 4) is 5.75 Å². The number of hydrogen-bond acceptors (Lipinski definition) is 5. The molecule has 2 aromatic rings.